The van der Waals surface area contributed by atoms with Gasteiger partial charge in [-0.25, -0.2) is 13.2 Å². The normalized spacial score (nSPS) is 20.9. The van der Waals surface area contributed by atoms with E-state index in [1.54, 1.807) is 22.4 Å². The largest absolute Gasteiger partial charge is 0.334 e. The number of carbonyl (C=O) groups excluding carboxylic acids is 5. The minimum atomic E-state index is -3.77. The molecule has 1 aromatic heterocycles. The number of likely N-dealkylation sites (N-methyl/N-ethyl adjacent to an activating group) is 1. The second-order valence-corrected chi connectivity index (χ2v) is 19.3. The van der Waals surface area contributed by atoms with Gasteiger partial charge in [-0.05, 0) is 59.8 Å². The van der Waals surface area contributed by atoms with E-state index in [9.17, 15) is 32.4 Å². The number of carbonyl (C=O) groups is 5. The summed E-state index contributed by atoms with van der Waals surface area (Å²) in [6.45, 7) is 15.1. The Kier molecular flexibility index (Phi) is 14.4. The molecule has 1 saturated heterocycles. The van der Waals surface area contributed by atoms with Crippen molar-refractivity contribution in [2.75, 3.05) is 20.1 Å². The topological polar surface area (TPSA) is 150 Å². The van der Waals surface area contributed by atoms with Crippen LogP contribution >= 0.6 is 11.3 Å². The Morgan fingerprint density at radius 2 is 1.80 bits per heavy atom. The molecule has 1 aromatic rings. The fourth-order valence-corrected chi connectivity index (χ4v) is 9.46. The number of allylic oxidation sites excluding steroid dienone is 1. The van der Waals surface area contributed by atoms with Crippen LogP contribution in [0.4, 0.5) is 4.79 Å². The minimum absolute atomic E-state index is 0.00694. The summed E-state index contributed by atoms with van der Waals surface area (Å²) in [5.74, 6) is -0.193. The number of ketones is 3. The van der Waals surface area contributed by atoms with Gasteiger partial charge in [-0.15, -0.1) is 30.3 Å². The average Bonchev–Trinajstić information content (AvgIpc) is 3.81. The molecule has 2 aliphatic rings. The summed E-state index contributed by atoms with van der Waals surface area (Å²) in [7, 11) is -2.30. The first-order valence-corrected chi connectivity index (χ1v) is 20.1. The maximum atomic E-state index is 14.5. The quantitative estimate of drug-likeness (QED) is 0.126. The number of hydrogen-bond acceptors (Lipinski definition) is 8. The van der Waals surface area contributed by atoms with Crippen molar-refractivity contribution >= 4 is 50.6 Å². The fraction of sp³-hybridized carbons (Fsp3) is 0.658. The Labute approximate surface area is 308 Å². The SMILES string of the molecule is C#CCCC(CC(=O)[C@@H]1[C@H]2CCC[C@H]2CN1C(=O)[C@@H](NC(=O)N[C@H](CN(C)S(=O)(=O)c1cccs1)C(C)(C)C)C(C)(C)C)C(=O)C(=O)CCC=C. The Bertz CT molecular complexity index is 1580. The van der Waals surface area contributed by atoms with Crippen molar-refractivity contribution < 1.29 is 32.4 Å². The van der Waals surface area contributed by atoms with Crippen molar-refractivity contribution in [3.05, 3.63) is 30.2 Å². The molecular formula is C38H56N4O7S2. The summed E-state index contributed by atoms with van der Waals surface area (Å²) in [6, 6.07) is 0.121. The Hall–Kier alpha value is -3.34. The van der Waals surface area contributed by atoms with Crippen LogP contribution in [0.5, 0.6) is 0 Å². The van der Waals surface area contributed by atoms with E-state index in [0.717, 1.165) is 30.6 Å². The third-order valence-electron chi connectivity index (χ3n) is 10.1. The van der Waals surface area contributed by atoms with Crippen LogP contribution in [0.1, 0.15) is 92.9 Å². The Morgan fingerprint density at radius 1 is 1.12 bits per heavy atom. The van der Waals surface area contributed by atoms with Crippen LogP contribution in [0, 0.1) is 40.9 Å². The summed E-state index contributed by atoms with van der Waals surface area (Å²) in [6.07, 6.45) is 10.2. The van der Waals surface area contributed by atoms with Crippen molar-refractivity contribution in [3.63, 3.8) is 0 Å². The molecule has 0 spiro atoms. The fourth-order valence-electron chi connectivity index (χ4n) is 7.08. The molecule has 0 radical (unpaired) electrons. The van der Waals surface area contributed by atoms with Crippen molar-refractivity contribution in [1.29, 1.82) is 0 Å². The van der Waals surface area contributed by atoms with Gasteiger partial charge in [0.2, 0.25) is 11.7 Å². The van der Waals surface area contributed by atoms with E-state index in [-0.39, 0.29) is 54.1 Å². The predicted molar refractivity (Wildman–Crippen MR) is 199 cm³/mol. The summed E-state index contributed by atoms with van der Waals surface area (Å²) in [5, 5.41) is 7.49. The minimum Gasteiger partial charge on any atom is -0.334 e. The molecule has 1 aliphatic carbocycles. The number of amides is 3. The zero-order valence-corrected chi connectivity index (χ0v) is 32.8. The van der Waals surface area contributed by atoms with Crippen LogP contribution < -0.4 is 10.6 Å². The lowest BCUT2D eigenvalue weighted by atomic mass is 9.83. The van der Waals surface area contributed by atoms with Crippen molar-refractivity contribution in [2.24, 2.45) is 28.6 Å². The molecule has 6 atom stereocenters. The number of likely N-dealkylation sites (tertiary alicyclic amines) is 1. The van der Waals surface area contributed by atoms with Gasteiger partial charge in [0.05, 0.1) is 6.04 Å². The number of thiophene rings is 1. The number of rotatable bonds is 17. The summed E-state index contributed by atoms with van der Waals surface area (Å²) >= 11 is 1.11. The molecular weight excluding hydrogens is 689 g/mol. The monoisotopic (exact) mass is 744 g/mol. The molecule has 2 heterocycles. The van der Waals surface area contributed by atoms with Crippen molar-refractivity contribution in [2.45, 2.75) is 115 Å². The molecule has 282 valence electrons. The lowest BCUT2D eigenvalue weighted by Gasteiger charge is -2.38. The molecule has 11 nitrogen and oxygen atoms in total. The number of urea groups is 1. The van der Waals surface area contributed by atoms with Gasteiger partial charge in [-0.2, -0.15) is 4.31 Å². The Morgan fingerprint density at radius 3 is 2.37 bits per heavy atom. The van der Waals surface area contributed by atoms with E-state index in [4.69, 9.17) is 6.42 Å². The van der Waals surface area contributed by atoms with Gasteiger partial charge in [0.1, 0.15) is 10.3 Å². The summed E-state index contributed by atoms with van der Waals surface area (Å²) in [4.78, 5) is 69.8. The first-order chi connectivity index (χ1) is 23.7. The highest BCUT2D eigenvalue weighted by atomic mass is 32.2. The first kappa shape index (κ1) is 42.1. The maximum Gasteiger partial charge on any atom is 0.315 e. The second kappa shape index (κ2) is 17.5. The summed E-state index contributed by atoms with van der Waals surface area (Å²) in [5.41, 5.74) is -1.32. The smallest absolute Gasteiger partial charge is 0.315 e. The standard InChI is InChI=1S/C38H56N4O7S2/c1-10-12-16-25(33(45)28(43)19-13-11-2)22-29(44)32-27-18-14-17-26(27)23-42(32)35(46)34(38(6,7)8)40-36(47)39-30(37(3,4)5)24-41(9)51(48,49)31-20-15-21-50-31/h1,11,15,20-21,25-27,30,32,34H,2,12-14,16-19,22-24H2,3-9H3,(H2,39,40,47)/t25?,26-,27-,30+,32-,34+/m0/s1. The molecule has 3 amide bonds. The molecule has 0 aromatic carbocycles. The predicted octanol–water partition coefficient (Wildman–Crippen LogP) is 5.22. The molecule has 13 heteroatoms. The van der Waals surface area contributed by atoms with E-state index in [2.05, 4.69) is 23.1 Å². The zero-order valence-electron chi connectivity index (χ0n) is 31.2. The molecule has 51 heavy (non-hydrogen) atoms. The van der Waals surface area contributed by atoms with E-state index >= 15 is 0 Å². The van der Waals surface area contributed by atoms with Gasteiger partial charge < -0.3 is 15.5 Å². The molecule has 1 aliphatic heterocycles. The lowest BCUT2D eigenvalue weighted by molar-refractivity contribution is -0.144. The number of nitrogens with zero attached hydrogens (tertiary/aromatic N) is 2. The highest BCUT2D eigenvalue weighted by Gasteiger charge is 2.52. The van der Waals surface area contributed by atoms with E-state index in [0.29, 0.717) is 13.0 Å². The molecule has 0 bridgehead atoms. The van der Waals surface area contributed by atoms with E-state index in [1.165, 1.54) is 17.4 Å². The lowest BCUT2D eigenvalue weighted by Crippen LogP contribution is -2.61. The molecule has 3 rings (SSSR count). The van der Waals surface area contributed by atoms with Gasteiger partial charge in [-0.1, -0.05) is 60.1 Å². The van der Waals surface area contributed by atoms with Crippen LogP contribution in [0.2, 0.25) is 0 Å². The highest BCUT2D eigenvalue weighted by Crippen LogP contribution is 2.44. The van der Waals surface area contributed by atoms with Gasteiger partial charge in [0.25, 0.3) is 10.0 Å². The molecule has 1 saturated carbocycles. The van der Waals surface area contributed by atoms with Crippen LogP contribution in [0.15, 0.2) is 34.4 Å². The van der Waals surface area contributed by atoms with Crippen LogP contribution in [-0.2, 0) is 29.2 Å². The average molecular weight is 745 g/mol. The van der Waals surface area contributed by atoms with E-state index in [1.807, 2.05) is 41.5 Å². The number of hydrogen-bond donors (Lipinski definition) is 2. The van der Waals surface area contributed by atoms with Gasteiger partial charge in [-0.3, -0.25) is 19.2 Å². The molecule has 2 N–H and O–H groups in total. The second-order valence-electron chi connectivity index (χ2n) is 16.1. The Balaban J connectivity index is 1.84. The van der Waals surface area contributed by atoms with Crippen LogP contribution in [-0.4, -0.2) is 85.2 Å². The van der Waals surface area contributed by atoms with Crippen molar-refractivity contribution in [1.82, 2.24) is 19.8 Å². The third kappa shape index (κ3) is 10.6. The zero-order chi connectivity index (χ0) is 38.3. The van der Waals surface area contributed by atoms with Crippen LogP contribution in [0.25, 0.3) is 0 Å². The van der Waals surface area contributed by atoms with Gasteiger partial charge in [0, 0.05) is 51.4 Å². The molecule has 2 fully saturated rings. The van der Waals surface area contributed by atoms with E-state index < -0.39 is 68.4 Å². The van der Waals surface area contributed by atoms with Crippen molar-refractivity contribution in [3.8, 4) is 12.3 Å². The third-order valence-corrected chi connectivity index (χ3v) is 13.3. The molecule has 1 unspecified atom stereocenters. The number of Topliss-reactive ketones (excluding diaryl/α,β-unsaturated/α-hetero) is 3. The highest BCUT2D eigenvalue weighted by molar-refractivity contribution is 7.91. The first-order valence-electron chi connectivity index (χ1n) is 17.8. The van der Waals surface area contributed by atoms with Gasteiger partial charge in [0.15, 0.2) is 11.6 Å². The number of sulfonamides is 1. The van der Waals surface area contributed by atoms with Gasteiger partial charge >= 0.3 is 6.03 Å². The number of terminal acetylenes is 1. The number of fused-ring (bicyclic) bond motifs is 1. The van der Waals surface area contributed by atoms with Crippen LogP contribution in [0.3, 0.4) is 0 Å². The summed E-state index contributed by atoms with van der Waals surface area (Å²) < 4.78 is 27.8. The maximum absolute atomic E-state index is 14.5. The number of nitrogens with one attached hydrogen (secondary N) is 2.